The Bertz CT molecular complexity index is 268. The molecule has 0 spiro atoms. The van der Waals surface area contributed by atoms with E-state index in [9.17, 15) is 18.0 Å². The van der Waals surface area contributed by atoms with Crippen molar-refractivity contribution in [3.63, 3.8) is 0 Å². The zero-order valence-corrected chi connectivity index (χ0v) is 10.2. The van der Waals surface area contributed by atoms with Crippen LogP contribution < -0.4 is 5.32 Å². The van der Waals surface area contributed by atoms with Gasteiger partial charge in [-0.15, -0.1) is 0 Å². The first-order valence-electron chi connectivity index (χ1n) is 5.86. The van der Waals surface area contributed by atoms with Gasteiger partial charge in [-0.1, -0.05) is 13.3 Å². The molecule has 0 aromatic rings. The van der Waals surface area contributed by atoms with Crippen LogP contribution in [0, 0.1) is 5.92 Å². The number of hydrogen-bond acceptors (Lipinski definition) is 3. The Balaban J connectivity index is 2.29. The number of halogens is 3. The van der Waals surface area contributed by atoms with Crippen LogP contribution in [0.2, 0.25) is 0 Å². The van der Waals surface area contributed by atoms with Crippen molar-refractivity contribution in [2.24, 2.45) is 5.92 Å². The van der Waals surface area contributed by atoms with Gasteiger partial charge in [-0.05, 0) is 13.0 Å². The molecule has 3 nitrogen and oxygen atoms in total. The Morgan fingerprint density at radius 1 is 1.41 bits per heavy atom. The summed E-state index contributed by atoms with van der Waals surface area (Å²) >= 11 is 0. The summed E-state index contributed by atoms with van der Waals surface area (Å²) in [5.41, 5.74) is 0. The predicted octanol–water partition coefficient (Wildman–Crippen LogP) is 1.44. The number of rotatable bonds is 5. The maximum Gasteiger partial charge on any atom is 0.450 e. The molecule has 1 aliphatic rings. The molecule has 1 N–H and O–H groups in total. The fraction of sp³-hybridized carbons (Fsp3) is 0.909. The maximum absolute atomic E-state index is 12.0. The van der Waals surface area contributed by atoms with E-state index in [2.05, 4.69) is 17.1 Å². The minimum absolute atomic E-state index is 0.105. The highest BCUT2D eigenvalue weighted by molar-refractivity contribution is 5.84. The first-order valence-corrected chi connectivity index (χ1v) is 5.86. The lowest BCUT2D eigenvalue weighted by Crippen LogP contribution is -2.38. The van der Waals surface area contributed by atoms with E-state index in [1.165, 1.54) is 0 Å². The standard InChI is InChI=1S/C11H19F3N2O/c1-3-8-6-16(2)7-9(8)15-5-4-10(17)11(12,13)14/h8-9,15H,3-7H2,1-2H3/t8-,9+/m0/s1. The van der Waals surface area contributed by atoms with Crippen LogP contribution in [0.3, 0.4) is 0 Å². The molecule has 1 rings (SSSR count). The predicted molar refractivity (Wildman–Crippen MR) is 58.7 cm³/mol. The van der Waals surface area contributed by atoms with Crippen molar-refractivity contribution in [2.45, 2.75) is 32.0 Å². The van der Waals surface area contributed by atoms with E-state index in [1.807, 2.05) is 7.05 Å². The number of nitrogens with one attached hydrogen (secondary N) is 1. The maximum atomic E-state index is 12.0. The molecule has 1 saturated heterocycles. The minimum Gasteiger partial charge on any atom is -0.312 e. The Hall–Kier alpha value is -0.620. The molecular formula is C11H19F3N2O. The summed E-state index contributed by atoms with van der Waals surface area (Å²) in [6, 6.07) is 0.200. The lowest BCUT2D eigenvalue weighted by Gasteiger charge is -2.18. The van der Waals surface area contributed by atoms with E-state index < -0.39 is 18.4 Å². The smallest absolute Gasteiger partial charge is 0.312 e. The molecule has 0 aromatic carbocycles. The normalized spacial score (nSPS) is 26.4. The van der Waals surface area contributed by atoms with Crippen LogP contribution in [0.25, 0.3) is 0 Å². The Morgan fingerprint density at radius 2 is 2.06 bits per heavy atom. The van der Waals surface area contributed by atoms with E-state index in [1.54, 1.807) is 0 Å². The Labute approximate surface area is 99.4 Å². The first kappa shape index (κ1) is 14.4. The van der Waals surface area contributed by atoms with Crippen LogP contribution in [0.1, 0.15) is 19.8 Å². The summed E-state index contributed by atoms with van der Waals surface area (Å²) in [6.07, 6.45) is -4.17. The number of likely N-dealkylation sites (tertiary alicyclic amines) is 1. The van der Waals surface area contributed by atoms with Gasteiger partial charge >= 0.3 is 6.18 Å². The highest BCUT2D eigenvalue weighted by Crippen LogP contribution is 2.20. The third-order valence-electron chi connectivity index (χ3n) is 3.22. The van der Waals surface area contributed by atoms with Crippen molar-refractivity contribution in [3.05, 3.63) is 0 Å². The average molecular weight is 252 g/mol. The van der Waals surface area contributed by atoms with Crippen LogP contribution in [0.5, 0.6) is 0 Å². The topological polar surface area (TPSA) is 32.3 Å². The molecule has 0 aromatic heterocycles. The highest BCUT2D eigenvalue weighted by Gasteiger charge is 2.37. The van der Waals surface area contributed by atoms with E-state index in [0.29, 0.717) is 5.92 Å². The SMILES string of the molecule is CC[C@H]1CN(C)C[C@H]1NCCC(=O)C(F)(F)F. The Morgan fingerprint density at radius 3 is 2.59 bits per heavy atom. The zero-order valence-electron chi connectivity index (χ0n) is 10.2. The molecule has 1 heterocycles. The van der Waals surface area contributed by atoms with E-state index in [0.717, 1.165) is 19.5 Å². The quantitative estimate of drug-likeness (QED) is 0.803. The number of carbonyl (C=O) groups is 1. The lowest BCUT2D eigenvalue weighted by molar-refractivity contribution is -0.170. The van der Waals surface area contributed by atoms with E-state index >= 15 is 0 Å². The van der Waals surface area contributed by atoms with E-state index in [4.69, 9.17) is 0 Å². The van der Waals surface area contributed by atoms with Crippen molar-refractivity contribution in [1.82, 2.24) is 10.2 Å². The van der Waals surface area contributed by atoms with Gasteiger partial charge in [0.2, 0.25) is 5.78 Å². The molecule has 0 radical (unpaired) electrons. The molecule has 6 heteroatoms. The fourth-order valence-corrected chi connectivity index (χ4v) is 2.24. The number of ketones is 1. The van der Waals surface area contributed by atoms with Crippen LogP contribution in [-0.2, 0) is 4.79 Å². The second kappa shape index (κ2) is 5.82. The first-order chi connectivity index (χ1) is 7.84. The van der Waals surface area contributed by atoms with Crippen molar-refractivity contribution in [2.75, 3.05) is 26.7 Å². The molecule has 0 unspecified atom stereocenters. The summed E-state index contributed by atoms with van der Waals surface area (Å²) in [4.78, 5) is 12.8. The van der Waals surface area contributed by atoms with Gasteiger partial charge in [0.25, 0.3) is 0 Å². The number of hydrogen-bond donors (Lipinski definition) is 1. The largest absolute Gasteiger partial charge is 0.450 e. The molecule has 2 atom stereocenters. The zero-order chi connectivity index (χ0) is 13.1. The van der Waals surface area contributed by atoms with Gasteiger partial charge in [0.1, 0.15) is 0 Å². The van der Waals surface area contributed by atoms with Gasteiger partial charge in [-0.2, -0.15) is 13.2 Å². The molecule has 1 aliphatic heterocycles. The Kier molecular flexibility index (Phi) is 4.94. The van der Waals surface area contributed by atoms with Crippen molar-refractivity contribution >= 4 is 5.78 Å². The monoisotopic (exact) mass is 252 g/mol. The summed E-state index contributed by atoms with van der Waals surface area (Å²) in [5.74, 6) is -1.19. The third kappa shape index (κ3) is 4.27. The molecule has 0 saturated carbocycles. The second-order valence-electron chi connectivity index (χ2n) is 4.62. The van der Waals surface area contributed by atoms with Gasteiger partial charge in [0.05, 0.1) is 0 Å². The summed E-state index contributed by atoms with van der Waals surface area (Å²) in [6.45, 7) is 3.97. The number of likely N-dealkylation sites (N-methyl/N-ethyl adjacent to an activating group) is 1. The van der Waals surface area contributed by atoms with Crippen molar-refractivity contribution in [3.8, 4) is 0 Å². The minimum atomic E-state index is -4.70. The number of nitrogens with zero attached hydrogens (tertiary/aromatic N) is 1. The highest BCUT2D eigenvalue weighted by atomic mass is 19.4. The summed E-state index contributed by atoms with van der Waals surface area (Å²) < 4.78 is 35.9. The van der Waals surface area contributed by atoms with Crippen LogP contribution in [0.4, 0.5) is 13.2 Å². The van der Waals surface area contributed by atoms with Crippen molar-refractivity contribution in [1.29, 1.82) is 0 Å². The number of carbonyl (C=O) groups excluding carboxylic acids is 1. The van der Waals surface area contributed by atoms with E-state index in [-0.39, 0.29) is 12.6 Å². The van der Waals surface area contributed by atoms with Gasteiger partial charge in [-0.3, -0.25) is 4.79 Å². The second-order valence-corrected chi connectivity index (χ2v) is 4.62. The molecule has 100 valence electrons. The molecule has 1 fully saturated rings. The van der Waals surface area contributed by atoms with Gasteiger partial charge in [-0.25, -0.2) is 0 Å². The molecule has 0 amide bonds. The molecule has 0 bridgehead atoms. The fourth-order valence-electron chi connectivity index (χ4n) is 2.24. The summed E-state index contributed by atoms with van der Waals surface area (Å²) in [7, 11) is 1.99. The molecule has 0 aliphatic carbocycles. The lowest BCUT2D eigenvalue weighted by atomic mass is 10.0. The van der Waals surface area contributed by atoms with Crippen molar-refractivity contribution < 1.29 is 18.0 Å². The number of alkyl halides is 3. The number of Topliss-reactive ketones (excluding diaryl/α,β-unsaturated/α-hetero) is 1. The summed E-state index contributed by atoms with van der Waals surface area (Å²) in [5, 5.41) is 3.05. The van der Waals surface area contributed by atoms with Crippen LogP contribution >= 0.6 is 0 Å². The van der Waals surface area contributed by atoms with Crippen LogP contribution in [0.15, 0.2) is 0 Å². The third-order valence-corrected chi connectivity index (χ3v) is 3.22. The van der Waals surface area contributed by atoms with Gasteiger partial charge in [0, 0.05) is 32.1 Å². The molecule has 17 heavy (non-hydrogen) atoms. The molecular weight excluding hydrogens is 233 g/mol. The average Bonchev–Trinajstić information content (AvgIpc) is 2.57. The van der Waals surface area contributed by atoms with Gasteiger partial charge in [0.15, 0.2) is 0 Å². The van der Waals surface area contributed by atoms with Gasteiger partial charge < -0.3 is 10.2 Å². The van der Waals surface area contributed by atoms with Crippen LogP contribution in [-0.4, -0.2) is 49.6 Å².